The Morgan fingerprint density at radius 3 is 3.40 bits per heavy atom. The Kier molecular flexibility index (Phi) is 1.07. The third-order valence-electron chi connectivity index (χ3n) is 1.32. The van der Waals surface area contributed by atoms with Gasteiger partial charge in [-0.05, 0) is 12.1 Å². The van der Waals surface area contributed by atoms with Crippen LogP contribution in [0.5, 0.6) is 0 Å². The van der Waals surface area contributed by atoms with Crippen molar-refractivity contribution in [2.24, 2.45) is 0 Å². The number of pyridine rings is 1. The van der Waals surface area contributed by atoms with Gasteiger partial charge in [0.2, 0.25) is 0 Å². The predicted octanol–water partition coefficient (Wildman–Crippen LogP) is -0.908. The highest BCUT2D eigenvalue weighted by Gasteiger charge is 1.89. The van der Waals surface area contributed by atoms with Crippen LogP contribution in [0.2, 0.25) is 0 Å². The summed E-state index contributed by atoms with van der Waals surface area (Å²) in [7, 11) is 0. The van der Waals surface area contributed by atoms with Crippen molar-refractivity contribution >= 4 is 12.5 Å². The molecule has 0 spiro atoms. The Bertz CT molecular complexity index is 310. The lowest BCUT2D eigenvalue weighted by atomic mass is 10.4. The van der Waals surface area contributed by atoms with Gasteiger partial charge >= 0.3 is 0 Å². The van der Waals surface area contributed by atoms with Crippen molar-refractivity contribution in [1.29, 1.82) is 0 Å². The molecule has 10 heavy (non-hydrogen) atoms. The lowest BCUT2D eigenvalue weighted by molar-refractivity contribution is 0.228. The highest BCUT2D eigenvalue weighted by molar-refractivity contribution is 5.25. The first-order chi connectivity index (χ1) is 4.97. The van der Waals surface area contributed by atoms with Gasteiger partial charge in [0.15, 0.2) is 0 Å². The molecule has 1 aromatic rings. The van der Waals surface area contributed by atoms with Crippen molar-refractivity contribution in [2.45, 2.75) is 0 Å². The maximum absolute atomic E-state index is 4.83. The van der Waals surface area contributed by atoms with Gasteiger partial charge in [0.05, 0.1) is 11.5 Å². The average molecular weight is 134 g/mol. The number of aromatic nitrogens is 1. The Morgan fingerprint density at radius 2 is 2.50 bits per heavy atom. The van der Waals surface area contributed by atoms with Crippen molar-refractivity contribution in [1.82, 2.24) is 10.5 Å². The van der Waals surface area contributed by atoms with Gasteiger partial charge in [0.25, 0.3) is 0 Å². The number of nitrogens with zero attached hydrogens (tertiary/aromatic N) is 1. The van der Waals surface area contributed by atoms with Gasteiger partial charge in [0.1, 0.15) is 6.26 Å². The van der Waals surface area contributed by atoms with E-state index >= 15 is 0 Å². The SMILES string of the molecule is C1=c2cccnc2=CNO1. The largest absolute Gasteiger partial charge is 0.390 e. The van der Waals surface area contributed by atoms with E-state index in [0.717, 1.165) is 10.6 Å². The summed E-state index contributed by atoms with van der Waals surface area (Å²) in [6, 6.07) is 3.82. The van der Waals surface area contributed by atoms with Crippen molar-refractivity contribution in [3.63, 3.8) is 0 Å². The number of rotatable bonds is 0. The molecule has 0 saturated carbocycles. The Labute approximate surface area is 57.6 Å². The number of fused-ring (bicyclic) bond motifs is 1. The summed E-state index contributed by atoms with van der Waals surface area (Å²) in [5.74, 6) is 0. The van der Waals surface area contributed by atoms with Crippen LogP contribution in [0.3, 0.4) is 0 Å². The van der Waals surface area contributed by atoms with E-state index in [9.17, 15) is 0 Å². The minimum atomic E-state index is 0.911. The summed E-state index contributed by atoms with van der Waals surface area (Å²) in [6.07, 6.45) is 5.09. The van der Waals surface area contributed by atoms with Gasteiger partial charge in [-0.1, -0.05) is 0 Å². The molecule has 0 saturated heterocycles. The Balaban J connectivity index is 2.84. The highest BCUT2D eigenvalue weighted by Crippen LogP contribution is 1.73. The highest BCUT2D eigenvalue weighted by atomic mass is 16.6. The first-order valence-electron chi connectivity index (χ1n) is 2.99. The molecular formula is C7H6N2O. The van der Waals surface area contributed by atoms with Gasteiger partial charge in [0, 0.05) is 11.4 Å². The van der Waals surface area contributed by atoms with E-state index in [2.05, 4.69) is 10.5 Å². The molecule has 3 heteroatoms. The van der Waals surface area contributed by atoms with Crippen molar-refractivity contribution < 1.29 is 4.84 Å². The molecule has 0 fully saturated rings. The molecular weight excluding hydrogens is 128 g/mol. The molecule has 3 nitrogen and oxygen atoms in total. The monoisotopic (exact) mass is 134 g/mol. The summed E-state index contributed by atoms with van der Waals surface area (Å²) < 4.78 is 0. The Morgan fingerprint density at radius 1 is 1.50 bits per heavy atom. The standard InChI is InChI=1S/C7H6N2O/c1-2-6-5-10-9-4-7(6)8-3-1/h1-5,9H. The van der Waals surface area contributed by atoms with E-state index < -0.39 is 0 Å². The summed E-state index contributed by atoms with van der Waals surface area (Å²) in [5, 5.41) is 1.91. The molecule has 2 rings (SSSR count). The molecule has 1 aliphatic rings. The first-order valence-corrected chi connectivity index (χ1v) is 2.99. The molecule has 50 valence electrons. The summed E-state index contributed by atoms with van der Waals surface area (Å²) in [4.78, 5) is 8.92. The van der Waals surface area contributed by atoms with Crippen LogP contribution in [-0.2, 0) is 4.84 Å². The maximum atomic E-state index is 4.83. The molecule has 0 aliphatic carbocycles. The lowest BCUT2D eigenvalue weighted by Gasteiger charge is -2.01. The summed E-state index contributed by atoms with van der Waals surface area (Å²) in [5.41, 5.74) is 2.60. The van der Waals surface area contributed by atoms with Crippen LogP contribution in [0.15, 0.2) is 18.3 Å². The maximum Gasteiger partial charge on any atom is 0.128 e. The molecule has 0 atom stereocenters. The first kappa shape index (κ1) is 5.29. The number of hydrogen-bond donors (Lipinski definition) is 1. The second-order valence-corrected chi connectivity index (χ2v) is 1.98. The fourth-order valence-corrected chi connectivity index (χ4v) is 0.838. The Hall–Kier alpha value is -1.51. The minimum Gasteiger partial charge on any atom is -0.390 e. The van der Waals surface area contributed by atoms with Gasteiger partial charge in [-0.3, -0.25) is 4.98 Å². The average Bonchev–Trinajstić information content (AvgIpc) is 2.05. The molecule has 0 radical (unpaired) electrons. The summed E-state index contributed by atoms with van der Waals surface area (Å²) >= 11 is 0. The number of hydrogen-bond acceptors (Lipinski definition) is 3. The normalized spacial score (nSPS) is 13.2. The van der Waals surface area contributed by atoms with Crippen molar-refractivity contribution in [3.8, 4) is 0 Å². The third kappa shape index (κ3) is 0.719. The zero-order valence-electron chi connectivity index (χ0n) is 5.24. The van der Waals surface area contributed by atoms with Gasteiger partial charge < -0.3 is 4.84 Å². The molecule has 0 aromatic carbocycles. The second kappa shape index (κ2) is 2.02. The third-order valence-corrected chi connectivity index (χ3v) is 1.32. The van der Waals surface area contributed by atoms with Gasteiger partial charge in [-0.2, -0.15) is 0 Å². The quantitative estimate of drug-likeness (QED) is 0.499. The molecule has 2 heterocycles. The zero-order valence-corrected chi connectivity index (χ0v) is 5.24. The van der Waals surface area contributed by atoms with Crippen LogP contribution >= 0.6 is 0 Å². The van der Waals surface area contributed by atoms with Crippen LogP contribution in [0.25, 0.3) is 12.5 Å². The molecule has 0 unspecified atom stereocenters. The van der Waals surface area contributed by atoms with E-state index in [1.807, 2.05) is 12.1 Å². The van der Waals surface area contributed by atoms with E-state index in [0.29, 0.717) is 0 Å². The minimum absolute atomic E-state index is 0.911. The molecule has 1 aromatic heterocycles. The van der Waals surface area contributed by atoms with Crippen molar-refractivity contribution in [3.05, 3.63) is 28.9 Å². The fraction of sp³-hybridized carbons (Fsp3) is 0. The van der Waals surface area contributed by atoms with E-state index in [1.54, 1.807) is 18.7 Å². The van der Waals surface area contributed by atoms with Crippen LogP contribution < -0.4 is 16.0 Å². The van der Waals surface area contributed by atoms with Crippen LogP contribution in [-0.4, -0.2) is 4.98 Å². The van der Waals surface area contributed by atoms with Crippen LogP contribution in [0, 0.1) is 0 Å². The lowest BCUT2D eigenvalue weighted by Crippen LogP contribution is -2.33. The topological polar surface area (TPSA) is 34.2 Å². The predicted molar refractivity (Wildman–Crippen MR) is 36.6 cm³/mol. The second-order valence-electron chi connectivity index (χ2n) is 1.98. The van der Waals surface area contributed by atoms with E-state index in [-0.39, 0.29) is 0 Å². The summed E-state index contributed by atoms with van der Waals surface area (Å²) in [6.45, 7) is 0. The molecule has 0 bridgehead atoms. The smallest absolute Gasteiger partial charge is 0.128 e. The molecule has 1 N–H and O–H groups in total. The fourth-order valence-electron chi connectivity index (χ4n) is 0.838. The van der Waals surface area contributed by atoms with Gasteiger partial charge in [-0.15, -0.1) is 0 Å². The zero-order chi connectivity index (χ0) is 6.81. The molecule has 1 aliphatic heterocycles. The number of hydroxylamine groups is 1. The van der Waals surface area contributed by atoms with Crippen LogP contribution in [0.4, 0.5) is 0 Å². The van der Waals surface area contributed by atoms with E-state index in [4.69, 9.17) is 4.84 Å². The van der Waals surface area contributed by atoms with E-state index in [1.165, 1.54) is 0 Å². The molecule has 0 amide bonds. The van der Waals surface area contributed by atoms with Crippen LogP contribution in [0.1, 0.15) is 0 Å². The van der Waals surface area contributed by atoms with Crippen molar-refractivity contribution in [2.75, 3.05) is 0 Å². The number of nitrogens with one attached hydrogen (secondary N) is 1. The van der Waals surface area contributed by atoms with Gasteiger partial charge in [-0.25, -0.2) is 5.48 Å².